The molecule has 0 aliphatic carbocycles. The molecular weight excluding hydrogens is 162 g/mol. The number of benzene rings is 1. The van der Waals surface area contributed by atoms with Gasteiger partial charge < -0.3 is 10.8 Å². The molecule has 1 aromatic carbocycles. The molecule has 0 saturated carbocycles. The van der Waals surface area contributed by atoms with Crippen LogP contribution in [-0.2, 0) is 13.2 Å². The monoisotopic (exact) mass is 173 g/mol. The van der Waals surface area contributed by atoms with Gasteiger partial charge >= 0.3 is 0 Å². The molecule has 0 unspecified atom stereocenters. The zero-order chi connectivity index (χ0) is 7.40. The van der Waals surface area contributed by atoms with E-state index in [-0.39, 0.29) is 19.0 Å². The van der Waals surface area contributed by atoms with Gasteiger partial charge in [0, 0.05) is 6.54 Å². The van der Waals surface area contributed by atoms with E-state index in [9.17, 15) is 0 Å². The van der Waals surface area contributed by atoms with E-state index in [1.54, 1.807) is 0 Å². The number of rotatable bonds is 2. The lowest BCUT2D eigenvalue weighted by atomic mass is 10.1. The highest BCUT2D eigenvalue weighted by Crippen LogP contribution is 2.03. The van der Waals surface area contributed by atoms with Gasteiger partial charge in [0.1, 0.15) is 0 Å². The van der Waals surface area contributed by atoms with Crippen molar-refractivity contribution in [2.24, 2.45) is 5.73 Å². The number of hydrogen-bond acceptors (Lipinski definition) is 2. The fraction of sp³-hybridized carbons (Fsp3) is 0.250. The Kier molecular flexibility index (Phi) is 4.86. The Labute approximate surface area is 72.4 Å². The highest BCUT2D eigenvalue weighted by atomic mass is 35.5. The lowest BCUT2D eigenvalue weighted by Gasteiger charge is -1.98. The van der Waals surface area contributed by atoms with Gasteiger partial charge in [-0.2, -0.15) is 0 Å². The van der Waals surface area contributed by atoms with Gasteiger partial charge in [0.05, 0.1) is 6.61 Å². The molecule has 1 rings (SSSR count). The van der Waals surface area contributed by atoms with Crippen molar-refractivity contribution in [3.8, 4) is 0 Å². The zero-order valence-corrected chi connectivity index (χ0v) is 6.97. The maximum atomic E-state index is 8.72. The Morgan fingerprint density at radius 3 is 2.45 bits per heavy atom. The predicted molar refractivity (Wildman–Crippen MR) is 47.5 cm³/mol. The summed E-state index contributed by atoms with van der Waals surface area (Å²) in [7, 11) is 0. The average Bonchev–Trinajstić information content (AvgIpc) is 2.05. The lowest BCUT2D eigenvalue weighted by Crippen LogP contribution is -1.96. The molecule has 0 bridgehead atoms. The molecule has 0 saturated heterocycles. The van der Waals surface area contributed by atoms with Gasteiger partial charge in [-0.1, -0.05) is 24.3 Å². The number of aliphatic hydroxyl groups excluding tert-OH is 1. The SMILES string of the molecule is Cl.NCc1cccc(CO)c1. The maximum absolute atomic E-state index is 8.72. The quantitative estimate of drug-likeness (QED) is 0.703. The van der Waals surface area contributed by atoms with Crippen molar-refractivity contribution in [1.82, 2.24) is 0 Å². The molecule has 3 N–H and O–H groups in total. The standard InChI is InChI=1S/C8H11NO.ClH/c9-5-7-2-1-3-8(4-7)6-10;/h1-4,10H,5-6,9H2;1H. The van der Waals surface area contributed by atoms with Crippen LogP contribution in [0, 0.1) is 0 Å². The van der Waals surface area contributed by atoms with E-state index < -0.39 is 0 Å². The first kappa shape index (κ1) is 10.4. The Balaban J connectivity index is 0.000001000. The molecule has 0 amide bonds. The van der Waals surface area contributed by atoms with E-state index in [2.05, 4.69) is 0 Å². The molecule has 0 radical (unpaired) electrons. The van der Waals surface area contributed by atoms with Gasteiger partial charge in [0.2, 0.25) is 0 Å². The van der Waals surface area contributed by atoms with Crippen molar-refractivity contribution in [3.63, 3.8) is 0 Å². The fourth-order valence-electron chi connectivity index (χ4n) is 0.855. The molecule has 1 aromatic rings. The molecule has 62 valence electrons. The van der Waals surface area contributed by atoms with Crippen LogP contribution in [0.5, 0.6) is 0 Å². The maximum Gasteiger partial charge on any atom is 0.0681 e. The van der Waals surface area contributed by atoms with Crippen LogP contribution in [0.4, 0.5) is 0 Å². The van der Waals surface area contributed by atoms with Crippen LogP contribution < -0.4 is 5.73 Å². The number of nitrogens with two attached hydrogens (primary N) is 1. The van der Waals surface area contributed by atoms with Crippen LogP contribution >= 0.6 is 12.4 Å². The van der Waals surface area contributed by atoms with Crippen LogP contribution in [0.25, 0.3) is 0 Å². The van der Waals surface area contributed by atoms with Crippen LogP contribution in [0.2, 0.25) is 0 Å². The van der Waals surface area contributed by atoms with Gasteiger partial charge in [-0.15, -0.1) is 12.4 Å². The summed E-state index contributed by atoms with van der Waals surface area (Å²) >= 11 is 0. The topological polar surface area (TPSA) is 46.2 Å². The van der Waals surface area contributed by atoms with Crippen LogP contribution in [0.3, 0.4) is 0 Å². The molecule has 3 heteroatoms. The lowest BCUT2D eigenvalue weighted by molar-refractivity contribution is 0.281. The normalized spacial score (nSPS) is 8.91. The summed E-state index contributed by atoms with van der Waals surface area (Å²) in [5.74, 6) is 0. The highest BCUT2D eigenvalue weighted by Gasteiger charge is 1.90. The third-order valence-electron chi connectivity index (χ3n) is 1.41. The molecule has 2 nitrogen and oxygen atoms in total. The summed E-state index contributed by atoms with van der Waals surface area (Å²) in [6.45, 7) is 0.627. The Bertz CT molecular complexity index is 196. The number of halogens is 1. The summed E-state index contributed by atoms with van der Waals surface area (Å²) in [5, 5.41) is 8.72. The first-order valence-electron chi connectivity index (χ1n) is 3.25. The molecule has 0 fully saturated rings. The summed E-state index contributed by atoms with van der Waals surface area (Å²) < 4.78 is 0. The zero-order valence-electron chi connectivity index (χ0n) is 6.16. The molecule has 0 heterocycles. The molecular formula is C8H12ClNO. The number of aliphatic hydroxyl groups is 1. The van der Waals surface area contributed by atoms with E-state index in [0.29, 0.717) is 6.54 Å². The third-order valence-corrected chi connectivity index (χ3v) is 1.41. The summed E-state index contributed by atoms with van der Waals surface area (Å²) in [4.78, 5) is 0. The van der Waals surface area contributed by atoms with Gasteiger partial charge in [-0.3, -0.25) is 0 Å². The summed E-state index contributed by atoms with van der Waals surface area (Å²) in [6.07, 6.45) is 0. The highest BCUT2D eigenvalue weighted by molar-refractivity contribution is 5.85. The van der Waals surface area contributed by atoms with Gasteiger partial charge in [-0.05, 0) is 11.1 Å². The summed E-state index contributed by atoms with van der Waals surface area (Å²) in [5.41, 5.74) is 7.37. The van der Waals surface area contributed by atoms with Crippen LogP contribution in [0.15, 0.2) is 24.3 Å². The Morgan fingerprint density at radius 1 is 1.27 bits per heavy atom. The molecule has 0 spiro atoms. The van der Waals surface area contributed by atoms with Crippen molar-refractivity contribution >= 4 is 12.4 Å². The second-order valence-corrected chi connectivity index (χ2v) is 2.18. The second kappa shape index (κ2) is 5.13. The minimum atomic E-state index is 0. The van der Waals surface area contributed by atoms with Gasteiger partial charge in [0.25, 0.3) is 0 Å². The van der Waals surface area contributed by atoms with Crippen LogP contribution in [-0.4, -0.2) is 5.11 Å². The van der Waals surface area contributed by atoms with Crippen LogP contribution in [0.1, 0.15) is 11.1 Å². The first-order chi connectivity index (χ1) is 4.86. The minimum absolute atomic E-state index is 0. The molecule has 0 atom stereocenters. The van der Waals surface area contributed by atoms with E-state index >= 15 is 0 Å². The Morgan fingerprint density at radius 2 is 1.91 bits per heavy atom. The summed E-state index contributed by atoms with van der Waals surface area (Å²) in [6, 6.07) is 7.62. The largest absolute Gasteiger partial charge is 0.392 e. The third kappa shape index (κ3) is 2.89. The van der Waals surface area contributed by atoms with Crippen molar-refractivity contribution < 1.29 is 5.11 Å². The second-order valence-electron chi connectivity index (χ2n) is 2.18. The van der Waals surface area contributed by atoms with Gasteiger partial charge in [0.15, 0.2) is 0 Å². The van der Waals surface area contributed by atoms with Crippen molar-refractivity contribution in [2.75, 3.05) is 0 Å². The van der Waals surface area contributed by atoms with E-state index in [1.165, 1.54) is 0 Å². The van der Waals surface area contributed by atoms with Crippen molar-refractivity contribution in [3.05, 3.63) is 35.4 Å². The van der Waals surface area contributed by atoms with Gasteiger partial charge in [-0.25, -0.2) is 0 Å². The molecule has 0 aliphatic heterocycles. The van der Waals surface area contributed by atoms with E-state index in [1.807, 2.05) is 24.3 Å². The average molecular weight is 174 g/mol. The van der Waals surface area contributed by atoms with Crippen molar-refractivity contribution in [1.29, 1.82) is 0 Å². The predicted octanol–water partition coefficient (Wildman–Crippen LogP) is 1.06. The van der Waals surface area contributed by atoms with Crippen molar-refractivity contribution in [2.45, 2.75) is 13.2 Å². The van der Waals surface area contributed by atoms with E-state index in [0.717, 1.165) is 11.1 Å². The molecule has 11 heavy (non-hydrogen) atoms. The molecule has 0 aliphatic rings. The molecule has 0 aromatic heterocycles. The Hall–Kier alpha value is -0.570. The fourth-order valence-corrected chi connectivity index (χ4v) is 0.855. The smallest absolute Gasteiger partial charge is 0.0681 e. The van der Waals surface area contributed by atoms with E-state index in [4.69, 9.17) is 10.8 Å². The number of hydrogen-bond donors (Lipinski definition) is 2. The first-order valence-corrected chi connectivity index (χ1v) is 3.25. The minimum Gasteiger partial charge on any atom is -0.392 e.